The molecule has 1 N–H and O–H groups in total. The molecule has 0 spiro atoms. The topological polar surface area (TPSA) is 71.2 Å². The van der Waals surface area contributed by atoms with Crippen LogP contribution in [0.2, 0.25) is 0 Å². The van der Waals surface area contributed by atoms with Crippen molar-refractivity contribution in [1.82, 2.24) is 29.3 Å². The van der Waals surface area contributed by atoms with E-state index in [-0.39, 0.29) is 5.69 Å². The monoisotopic (exact) mass is 419 g/mol. The molecule has 154 valence electrons. The molecule has 0 amide bonds. The van der Waals surface area contributed by atoms with Crippen molar-refractivity contribution in [2.24, 2.45) is 5.92 Å². The van der Waals surface area contributed by atoms with E-state index in [0.717, 1.165) is 25.3 Å². The molecule has 3 aromatic heterocycles. The first-order valence-corrected chi connectivity index (χ1v) is 10.8. The maximum absolute atomic E-state index is 13.1. The van der Waals surface area contributed by atoms with Crippen LogP contribution in [0.5, 0.6) is 0 Å². The van der Waals surface area contributed by atoms with Crippen molar-refractivity contribution in [3.8, 4) is 11.4 Å². The van der Waals surface area contributed by atoms with Gasteiger partial charge in [-0.1, -0.05) is 11.9 Å². The summed E-state index contributed by atoms with van der Waals surface area (Å²) in [6.07, 6.45) is 4.78. The number of nitrogens with one attached hydrogen (secondary N) is 1. The highest BCUT2D eigenvalue weighted by Gasteiger charge is 2.27. The summed E-state index contributed by atoms with van der Waals surface area (Å²) in [5.74, 6) is 1.37. The van der Waals surface area contributed by atoms with Crippen molar-refractivity contribution in [2.75, 3.05) is 24.2 Å². The lowest BCUT2D eigenvalue weighted by Gasteiger charge is -2.39. The summed E-state index contributed by atoms with van der Waals surface area (Å²) in [5, 5.41) is 4.03. The van der Waals surface area contributed by atoms with Crippen molar-refractivity contribution < 1.29 is 8.78 Å². The number of hydrogen-bond donors (Lipinski definition) is 1. The Bertz CT molecular complexity index is 978. The minimum absolute atomic E-state index is 0.292. The lowest BCUT2D eigenvalue weighted by atomic mass is 9.93. The number of alkyl halides is 2. The third kappa shape index (κ3) is 4.18. The normalized spacial score (nSPS) is 20.0. The molecular formula is C19H23F2N7S. The van der Waals surface area contributed by atoms with Crippen LogP contribution in [0.15, 0.2) is 30.7 Å². The molecule has 1 aliphatic rings. The molecular weight excluding hydrogens is 396 g/mol. The van der Waals surface area contributed by atoms with E-state index < -0.39 is 6.43 Å². The van der Waals surface area contributed by atoms with Crippen LogP contribution in [0.4, 0.5) is 14.6 Å². The Kier molecular flexibility index (Phi) is 5.91. The predicted molar refractivity (Wildman–Crippen MR) is 110 cm³/mol. The first kappa shape index (κ1) is 20.0. The van der Waals surface area contributed by atoms with Crippen LogP contribution in [0.1, 0.15) is 31.9 Å². The Labute approximate surface area is 172 Å². The molecule has 7 nitrogen and oxygen atoms in total. The van der Waals surface area contributed by atoms with Gasteiger partial charge < -0.3 is 4.90 Å². The molecule has 4 rings (SSSR count). The third-order valence-corrected chi connectivity index (χ3v) is 5.77. The number of nitrogens with zero attached hydrogens (tertiary/aromatic N) is 6. The van der Waals surface area contributed by atoms with Crippen molar-refractivity contribution >= 4 is 23.4 Å². The highest BCUT2D eigenvalue weighted by atomic mass is 32.2. The minimum atomic E-state index is -2.64. The Balaban J connectivity index is 1.65. The molecule has 2 atom stereocenters. The van der Waals surface area contributed by atoms with Gasteiger partial charge in [0.1, 0.15) is 23.5 Å². The standard InChI is InChI=1S/C19H23F2N7S/c1-12-3-4-13(8-25-29-2)10-27(12)18-7-15(23-11-24-18)16-9-22-17-6-5-14(19(20)21)26-28(16)17/h5-7,9,11-13,19,25H,3-4,8,10H2,1-2H3/t12-,13-/m1/s1. The van der Waals surface area contributed by atoms with E-state index in [1.165, 1.54) is 29.4 Å². The lowest BCUT2D eigenvalue weighted by Crippen LogP contribution is -2.44. The van der Waals surface area contributed by atoms with E-state index in [1.54, 1.807) is 18.1 Å². The van der Waals surface area contributed by atoms with Gasteiger partial charge in [0.05, 0.1) is 11.9 Å². The second kappa shape index (κ2) is 8.58. The molecule has 0 aromatic carbocycles. The second-order valence-electron chi connectivity index (χ2n) is 7.23. The summed E-state index contributed by atoms with van der Waals surface area (Å²) in [4.78, 5) is 15.4. The quantitative estimate of drug-likeness (QED) is 0.612. The maximum atomic E-state index is 13.1. The average Bonchev–Trinajstić information content (AvgIpc) is 3.16. The lowest BCUT2D eigenvalue weighted by molar-refractivity contribution is 0.144. The molecule has 0 aliphatic carbocycles. The summed E-state index contributed by atoms with van der Waals surface area (Å²) < 4.78 is 30.9. The number of anilines is 1. The van der Waals surface area contributed by atoms with Crippen LogP contribution in [-0.4, -0.2) is 50.0 Å². The van der Waals surface area contributed by atoms with Gasteiger partial charge in [-0.05, 0) is 44.1 Å². The van der Waals surface area contributed by atoms with Crippen LogP contribution >= 0.6 is 11.9 Å². The van der Waals surface area contributed by atoms with Gasteiger partial charge in [-0.25, -0.2) is 28.2 Å². The number of imidazole rings is 1. The average molecular weight is 420 g/mol. The van der Waals surface area contributed by atoms with Crippen LogP contribution in [0, 0.1) is 5.92 Å². The molecule has 10 heteroatoms. The summed E-state index contributed by atoms with van der Waals surface area (Å²) in [5.41, 5.74) is 1.38. The number of piperidine rings is 1. The van der Waals surface area contributed by atoms with Crippen molar-refractivity contribution in [3.05, 3.63) is 36.4 Å². The van der Waals surface area contributed by atoms with Crippen LogP contribution in [-0.2, 0) is 0 Å². The smallest absolute Gasteiger partial charge is 0.282 e. The highest BCUT2D eigenvalue weighted by Crippen LogP contribution is 2.29. The zero-order valence-corrected chi connectivity index (χ0v) is 17.1. The first-order valence-electron chi connectivity index (χ1n) is 9.54. The number of halogens is 2. The van der Waals surface area contributed by atoms with Gasteiger partial charge in [0, 0.05) is 25.2 Å². The number of rotatable bonds is 6. The number of fused-ring (bicyclic) bond motifs is 1. The van der Waals surface area contributed by atoms with Gasteiger partial charge in [-0.3, -0.25) is 4.72 Å². The van der Waals surface area contributed by atoms with E-state index in [0.29, 0.717) is 29.0 Å². The van der Waals surface area contributed by atoms with E-state index in [1.807, 2.05) is 12.3 Å². The summed E-state index contributed by atoms with van der Waals surface area (Å²) in [6.45, 7) is 4.06. The molecule has 0 radical (unpaired) electrons. The van der Waals surface area contributed by atoms with Gasteiger partial charge in [-0.15, -0.1) is 0 Å². The predicted octanol–water partition coefficient (Wildman–Crippen LogP) is 3.60. The fraction of sp³-hybridized carbons (Fsp3) is 0.474. The Morgan fingerprint density at radius 1 is 1.24 bits per heavy atom. The SMILES string of the molecule is CSNC[C@H]1CC[C@@H](C)N(c2cc(-c3cnc4ccc(C(F)F)nn34)ncn2)C1. The fourth-order valence-electron chi connectivity index (χ4n) is 3.69. The molecule has 4 heterocycles. The van der Waals surface area contributed by atoms with Gasteiger partial charge in [0.15, 0.2) is 5.65 Å². The van der Waals surface area contributed by atoms with E-state index in [9.17, 15) is 8.78 Å². The number of hydrogen-bond acceptors (Lipinski definition) is 7. The second-order valence-corrected chi connectivity index (χ2v) is 7.93. The number of aromatic nitrogens is 5. The van der Waals surface area contributed by atoms with Gasteiger partial charge in [-0.2, -0.15) is 5.10 Å². The third-order valence-electron chi connectivity index (χ3n) is 5.31. The molecule has 0 bridgehead atoms. The van der Waals surface area contributed by atoms with Gasteiger partial charge in [0.2, 0.25) is 0 Å². The van der Waals surface area contributed by atoms with Crippen molar-refractivity contribution in [1.29, 1.82) is 0 Å². The van der Waals surface area contributed by atoms with Crippen LogP contribution in [0.25, 0.3) is 17.0 Å². The Morgan fingerprint density at radius 3 is 2.90 bits per heavy atom. The molecule has 1 saturated heterocycles. The Morgan fingerprint density at radius 2 is 2.10 bits per heavy atom. The van der Waals surface area contributed by atoms with Crippen LogP contribution < -0.4 is 9.62 Å². The summed E-state index contributed by atoms with van der Waals surface area (Å²) in [7, 11) is 0. The van der Waals surface area contributed by atoms with Crippen molar-refractivity contribution in [2.45, 2.75) is 32.2 Å². The first-order chi connectivity index (χ1) is 14.1. The van der Waals surface area contributed by atoms with Gasteiger partial charge >= 0.3 is 0 Å². The van der Waals surface area contributed by atoms with Crippen LogP contribution in [0.3, 0.4) is 0 Å². The zero-order chi connectivity index (χ0) is 20.4. The minimum Gasteiger partial charge on any atom is -0.353 e. The molecule has 0 saturated carbocycles. The van der Waals surface area contributed by atoms with E-state index in [4.69, 9.17) is 0 Å². The van der Waals surface area contributed by atoms with E-state index in [2.05, 4.69) is 36.6 Å². The van der Waals surface area contributed by atoms with Crippen molar-refractivity contribution in [3.63, 3.8) is 0 Å². The summed E-state index contributed by atoms with van der Waals surface area (Å²) in [6, 6.07) is 5.09. The highest BCUT2D eigenvalue weighted by molar-refractivity contribution is 7.96. The zero-order valence-electron chi connectivity index (χ0n) is 16.3. The fourth-order valence-corrected chi connectivity index (χ4v) is 4.09. The van der Waals surface area contributed by atoms with Gasteiger partial charge in [0.25, 0.3) is 6.43 Å². The molecule has 3 aromatic rings. The molecule has 29 heavy (non-hydrogen) atoms. The largest absolute Gasteiger partial charge is 0.353 e. The Hall–Kier alpha value is -2.33. The molecule has 1 aliphatic heterocycles. The maximum Gasteiger partial charge on any atom is 0.282 e. The molecule has 0 unspecified atom stereocenters. The molecule has 1 fully saturated rings. The van der Waals surface area contributed by atoms with E-state index >= 15 is 0 Å². The summed E-state index contributed by atoms with van der Waals surface area (Å²) >= 11 is 1.63.